The molecule has 0 unspecified atom stereocenters. The molecule has 0 spiro atoms. The number of hydrogen-bond donors (Lipinski definition) is 1. The van der Waals surface area contributed by atoms with E-state index >= 15 is 0 Å². The van der Waals surface area contributed by atoms with Gasteiger partial charge in [-0.15, -0.1) is 0 Å². The molecule has 2 nitrogen and oxygen atoms in total. The van der Waals surface area contributed by atoms with Crippen molar-refractivity contribution >= 4 is 6.91 Å². The van der Waals surface area contributed by atoms with Crippen LogP contribution in [0.15, 0.2) is 16.6 Å². The topological polar surface area (TPSA) is 33.4 Å². The van der Waals surface area contributed by atoms with Gasteiger partial charge in [-0.2, -0.15) is 0 Å². The van der Waals surface area contributed by atoms with Gasteiger partial charge in [0.25, 0.3) is 0 Å². The van der Waals surface area contributed by atoms with Gasteiger partial charge in [0.05, 0.1) is 0 Å². The standard InChI is InChI=1S/C3H3BO2/c5-3-4-1-2-6-3/h1-2,5H. The van der Waals surface area contributed by atoms with Crippen molar-refractivity contribution in [3.63, 3.8) is 0 Å². The zero-order valence-corrected chi connectivity index (χ0v) is 3.09. The van der Waals surface area contributed by atoms with Crippen LogP contribution < -0.4 is 0 Å². The van der Waals surface area contributed by atoms with Crippen LogP contribution in [0.1, 0.15) is 0 Å². The van der Waals surface area contributed by atoms with Crippen molar-refractivity contribution in [2.24, 2.45) is 0 Å². The maximum absolute atomic E-state index is 8.31. The summed E-state index contributed by atoms with van der Waals surface area (Å²) in [5.74, 6) is 1.59. The van der Waals surface area contributed by atoms with E-state index in [0.29, 0.717) is 0 Å². The van der Waals surface area contributed by atoms with Gasteiger partial charge in [0.1, 0.15) is 0 Å². The average Bonchev–Trinajstić information content (AvgIpc) is 1.86. The van der Waals surface area contributed by atoms with Gasteiger partial charge >= 0.3 is 34.5 Å². The quantitative estimate of drug-likeness (QED) is 0.488. The van der Waals surface area contributed by atoms with E-state index in [1.165, 1.54) is 13.2 Å². The van der Waals surface area contributed by atoms with Gasteiger partial charge in [-0.05, 0) is 0 Å². The summed E-state index contributed by atoms with van der Waals surface area (Å²) in [6, 6.07) is 0. The second-order valence-electron chi connectivity index (χ2n) is 0.951. The molecule has 0 aliphatic heterocycles. The molecule has 30 valence electrons. The molecular weight excluding hydrogens is 78.8 g/mol. The van der Waals surface area contributed by atoms with Crippen LogP contribution >= 0.6 is 0 Å². The maximum atomic E-state index is 8.31. The van der Waals surface area contributed by atoms with E-state index in [-0.39, 0.29) is 5.84 Å². The van der Waals surface area contributed by atoms with Gasteiger partial charge in [-0.25, -0.2) is 0 Å². The zero-order chi connectivity index (χ0) is 4.41. The Hall–Kier alpha value is -0.725. The van der Waals surface area contributed by atoms with Crippen LogP contribution in [0.25, 0.3) is 0 Å². The van der Waals surface area contributed by atoms with Crippen molar-refractivity contribution in [3.8, 4) is 5.84 Å². The van der Waals surface area contributed by atoms with Crippen molar-refractivity contribution in [2.75, 3.05) is 0 Å². The fourth-order valence-corrected chi connectivity index (χ4v) is 0.270. The van der Waals surface area contributed by atoms with Crippen LogP contribution in [-0.2, 0) is 0 Å². The molecule has 1 aromatic heterocycles. The second-order valence-corrected chi connectivity index (χ2v) is 0.951. The summed E-state index contributed by atoms with van der Waals surface area (Å²) in [6.07, 6.45) is 1.41. The Bertz CT molecular complexity index is 112. The Balaban J connectivity index is 3.05. The first-order valence-electron chi connectivity index (χ1n) is 1.62. The minimum atomic E-state index is -0.0324. The van der Waals surface area contributed by atoms with Crippen LogP contribution in [0.2, 0.25) is 0 Å². The third-order valence-electron chi connectivity index (χ3n) is 0.506. The second kappa shape index (κ2) is 1.16. The molecule has 1 heterocycles. The third-order valence-corrected chi connectivity index (χ3v) is 0.506. The molecule has 3 heteroatoms. The fourth-order valence-electron chi connectivity index (χ4n) is 0.270. The van der Waals surface area contributed by atoms with Crippen LogP contribution in [0.5, 0.6) is 5.84 Å². The Labute approximate surface area is 35.6 Å². The summed E-state index contributed by atoms with van der Waals surface area (Å²) < 4.78 is 4.39. The van der Waals surface area contributed by atoms with E-state index in [1.54, 1.807) is 5.96 Å². The molecule has 1 aromatic rings. The van der Waals surface area contributed by atoms with E-state index < -0.39 is 0 Å². The molecule has 0 saturated carbocycles. The molecule has 1 N–H and O–H groups in total. The monoisotopic (exact) mass is 82.0 g/mol. The number of aromatic hydroxyl groups is 1. The normalized spacial score (nSPS) is 8.00. The minimum absolute atomic E-state index is 0.0324. The van der Waals surface area contributed by atoms with Gasteiger partial charge in [-0.1, -0.05) is 0 Å². The van der Waals surface area contributed by atoms with Gasteiger partial charge in [0, 0.05) is 0 Å². The predicted octanol–water partition coefficient (Wildman–Crippen LogP) is 0.323. The van der Waals surface area contributed by atoms with Gasteiger partial charge in [0.15, 0.2) is 0 Å². The molecule has 0 fully saturated rings. The Kier molecular flexibility index (Phi) is 0.672. The number of rotatable bonds is 0. The van der Waals surface area contributed by atoms with Crippen molar-refractivity contribution in [2.45, 2.75) is 0 Å². The summed E-state index contributed by atoms with van der Waals surface area (Å²) in [6.45, 7) is 1.47. The molecule has 0 radical (unpaired) electrons. The average molecular weight is 81.9 g/mol. The van der Waals surface area contributed by atoms with E-state index in [4.69, 9.17) is 5.11 Å². The SMILES string of the molecule is Oc1bcco1. The number of hydrogen-bond acceptors (Lipinski definition) is 2. The molecule has 0 atom stereocenters. The predicted molar refractivity (Wildman–Crippen MR) is 21.7 cm³/mol. The van der Waals surface area contributed by atoms with Gasteiger partial charge < -0.3 is 0 Å². The molecule has 6 heavy (non-hydrogen) atoms. The third kappa shape index (κ3) is 0.430. The van der Waals surface area contributed by atoms with E-state index in [9.17, 15) is 0 Å². The van der Waals surface area contributed by atoms with Crippen LogP contribution in [0.3, 0.4) is 0 Å². The first kappa shape index (κ1) is 3.46. The van der Waals surface area contributed by atoms with Crippen LogP contribution in [0, 0.1) is 0 Å². The van der Waals surface area contributed by atoms with Crippen LogP contribution in [-0.4, -0.2) is 12.0 Å². The molecule has 0 saturated heterocycles. The summed E-state index contributed by atoms with van der Waals surface area (Å²) in [5, 5.41) is 8.31. The van der Waals surface area contributed by atoms with E-state index in [0.717, 1.165) is 0 Å². The van der Waals surface area contributed by atoms with Crippen molar-refractivity contribution in [1.82, 2.24) is 0 Å². The van der Waals surface area contributed by atoms with Gasteiger partial charge in [0.2, 0.25) is 0 Å². The molecule has 0 aliphatic carbocycles. The molecule has 1 rings (SSSR count). The van der Waals surface area contributed by atoms with Gasteiger partial charge in [-0.3, -0.25) is 0 Å². The summed E-state index contributed by atoms with van der Waals surface area (Å²) in [4.78, 5) is 0. The van der Waals surface area contributed by atoms with Crippen molar-refractivity contribution in [1.29, 1.82) is 0 Å². The Morgan fingerprint density at radius 1 is 1.83 bits per heavy atom. The zero-order valence-electron chi connectivity index (χ0n) is 3.09. The molecule has 0 aromatic carbocycles. The van der Waals surface area contributed by atoms with E-state index in [1.807, 2.05) is 0 Å². The van der Waals surface area contributed by atoms with Crippen molar-refractivity contribution < 1.29 is 9.52 Å². The summed E-state index contributed by atoms with van der Waals surface area (Å²) in [7, 11) is 0. The first-order valence-corrected chi connectivity index (χ1v) is 1.62. The summed E-state index contributed by atoms with van der Waals surface area (Å²) in [5.41, 5.74) is 0. The van der Waals surface area contributed by atoms with E-state index in [2.05, 4.69) is 4.42 Å². The Morgan fingerprint density at radius 3 is 2.83 bits per heavy atom. The molecule has 0 amide bonds. The Morgan fingerprint density at radius 2 is 2.67 bits per heavy atom. The molecule has 0 bridgehead atoms. The fraction of sp³-hybridized carbons (Fsp3) is 0. The molecule has 0 aliphatic rings. The first-order chi connectivity index (χ1) is 2.89. The summed E-state index contributed by atoms with van der Waals surface area (Å²) >= 11 is 0. The van der Waals surface area contributed by atoms with Crippen LogP contribution in [0.4, 0.5) is 0 Å². The van der Waals surface area contributed by atoms with Crippen molar-refractivity contribution in [3.05, 3.63) is 12.2 Å². The molecular formula is C3H3BO2.